The summed E-state index contributed by atoms with van der Waals surface area (Å²) in [6, 6.07) is 0. The Hall–Kier alpha value is -1.01. The van der Waals surface area contributed by atoms with Crippen LogP contribution in [0, 0.1) is 0 Å². The van der Waals surface area contributed by atoms with Gasteiger partial charge in [-0.1, -0.05) is 58.3 Å². The van der Waals surface area contributed by atoms with Gasteiger partial charge < -0.3 is 66.4 Å². The van der Waals surface area contributed by atoms with E-state index in [0.29, 0.717) is 12.8 Å². The molecule has 0 heterocycles. The monoisotopic (exact) mass is 476 g/mol. The second-order valence-electron chi connectivity index (χ2n) is 8.06. The number of aliphatic carboxylic acids is 1. The zero-order chi connectivity index (χ0) is 25.6. The van der Waals surface area contributed by atoms with Crippen molar-refractivity contribution in [1.82, 2.24) is 0 Å². The molecule has 0 aliphatic rings. The molecule has 0 fully saturated rings. The average Bonchev–Trinajstić information content (AvgIpc) is 2.65. The van der Waals surface area contributed by atoms with Gasteiger partial charge in [-0.05, 0) is 6.42 Å². The molecule has 0 radical (unpaired) electrons. The topological polar surface area (TPSA) is 280 Å². The van der Waals surface area contributed by atoms with E-state index < -0.39 is 47.1 Å². The Labute approximate surface area is 183 Å². The molecule has 32 heavy (non-hydrogen) atoms. The van der Waals surface area contributed by atoms with Gasteiger partial charge in [-0.2, -0.15) is 0 Å². The van der Waals surface area contributed by atoms with Crippen LogP contribution in [0.3, 0.4) is 0 Å². The normalized spacial score (nSPS) is 14.7. The van der Waals surface area contributed by atoms with E-state index in [-0.39, 0.29) is 6.42 Å². The number of carboxylic acids is 1. The molecule has 0 aromatic heterocycles. The van der Waals surface area contributed by atoms with Crippen LogP contribution >= 0.6 is 0 Å². The first-order valence-electron chi connectivity index (χ1n) is 10.2. The molecular weight excluding hydrogens is 440 g/mol. The molecule has 0 saturated heterocycles. The highest BCUT2D eigenvalue weighted by molar-refractivity contribution is 5.76. The maximum atomic E-state index is 10.8. The maximum absolute atomic E-state index is 10.8. The van der Waals surface area contributed by atoms with Gasteiger partial charge in [0, 0.05) is 6.42 Å². The second kappa shape index (κ2) is 10.9. The summed E-state index contributed by atoms with van der Waals surface area (Å²) in [4.78, 5) is 10.8. The van der Waals surface area contributed by atoms with Crippen LogP contribution < -0.4 is 0 Å². The predicted octanol–water partition coefficient (Wildman–Crippen LogP) is -3.92. The van der Waals surface area contributed by atoms with Crippen molar-refractivity contribution in [3.63, 3.8) is 0 Å². The van der Waals surface area contributed by atoms with Crippen LogP contribution in [-0.2, 0) is 4.79 Å². The minimum atomic E-state index is -5.29. The average molecular weight is 476 g/mol. The standard InChI is InChI=1S/C18H36O14/c1-2-3-4-5-6-7-8-9-10-11-13(21,22)15(25,26)17(29,30)18(31,32)16(27,28)14(23,24)12(19)20/h21-32H,2-11H2,1H3,(H,19,20). The van der Waals surface area contributed by atoms with Gasteiger partial charge in [0.2, 0.25) is 5.79 Å². The fourth-order valence-electron chi connectivity index (χ4n) is 3.01. The third-order valence-electron chi connectivity index (χ3n) is 5.43. The van der Waals surface area contributed by atoms with Crippen molar-refractivity contribution in [3.8, 4) is 0 Å². The van der Waals surface area contributed by atoms with Crippen molar-refractivity contribution in [2.45, 2.75) is 106 Å². The van der Waals surface area contributed by atoms with Crippen LogP contribution in [0.2, 0.25) is 0 Å². The van der Waals surface area contributed by atoms with Crippen LogP contribution in [0.25, 0.3) is 0 Å². The van der Waals surface area contributed by atoms with Crippen LogP contribution in [0.1, 0.15) is 71.1 Å². The van der Waals surface area contributed by atoms with Gasteiger partial charge in [0.15, 0.2) is 0 Å². The number of unbranched alkanes of at least 4 members (excludes halogenated alkanes) is 8. The lowest BCUT2D eigenvalue weighted by Gasteiger charge is -2.51. The van der Waals surface area contributed by atoms with Gasteiger partial charge in [-0.25, -0.2) is 4.79 Å². The Morgan fingerprint density at radius 3 is 1.25 bits per heavy atom. The van der Waals surface area contributed by atoms with Crippen molar-refractivity contribution >= 4 is 5.97 Å². The smallest absolute Gasteiger partial charge is 0.370 e. The van der Waals surface area contributed by atoms with Crippen molar-refractivity contribution in [1.29, 1.82) is 0 Å². The Bertz CT molecular complexity index is 596. The predicted molar refractivity (Wildman–Crippen MR) is 102 cm³/mol. The van der Waals surface area contributed by atoms with Crippen molar-refractivity contribution in [3.05, 3.63) is 0 Å². The Morgan fingerprint density at radius 2 is 0.875 bits per heavy atom. The molecule has 14 heteroatoms. The minimum absolute atomic E-state index is 0.146. The van der Waals surface area contributed by atoms with Crippen LogP contribution in [0.4, 0.5) is 0 Å². The van der Waals surface area contributed by atoms with E-state index in [4.69, 9.17) is 5.11 Å². The van der Waals surface area contributed by atoms with Crippen molar-refractivity contribution < 1.29 is 71.2 Å². The van der Waals surface area contributed by atoms with Gasteiger partial charge >= 0.3 is 11.8 Å². The summed E-state index contributed by atoms with van der Waals surface area (Å²) in [6.07, 6.45) is 5.77. The maximum Gasteiger partial charge on any atom is 0.370 e. The zero-order valence-corrected chi connectivity index (χ0v) is 17.8. The summed E-state index contributed by atoms with van der Waals surface area (Å²) in [5, 5.41) is 125. The largest absolute Gasteiger partial charge is 0.477 e. The van der Waals surface area contributed by atoms with E-state index in [1.54, 1.807) is 0 Å². The molecular formula is C18H36O14. The lowest BCUT2D eigenvalue weighted by Crippen LogP contribution is -2.85. The lowest BCUT2D eigenvalue weighted by molar-refractivity contribution is -0.557. The van der Waals surface area contributed by atoms with Crippen LogP contribution in [0.15, 0.2) is 0 Å². The van der Waals surface area contributed by atoms with Crippen LogP contribution in [-0.4, -0.2) is 107 Å². The molecule has 0 aromatic rings. The fourth-order valence-corrected chi connectivity index (χ4v) is 3.01. The molecule has 13 N–H and O–H groups in total. The molecule has 0 unspecified atom stereocenters. The summed E-state index contributed by atoms with van der Waals surface area (Å²) < 4.78 is 0. The van der Waals surface area contributed by atoms with E-state index in [1.807, 2.05) is 0 Å². The van der Waals surface area contributed by atoms with Gasteiger partial charge in [-0.15, -0.1) is 0 Å². The molecule has 0 rings (SSSR count). The molecule has 0 aliphatic heterocycles. The number of hydrogen-bond donors (Lipinski definition) is 13. The summed E-state index contributed by atoms with van der Waals surface area (Å²) in [5.41, 5.74) is 0. The second-order valence-corrected chi connectivity index (χ2v) is 8.06. The summed E-state index contributed by atoms with van der Waals surface area (Å²) in [6.45, 7) is 2.07. The summed E-state index contributed by atoms with van der Waals surface area (Å²) in [5.74, 6) is -32.2. The number of aliphatic hydroxyl groups is 12. The van der Waals surface area contributed by atoms with E-state index >= 15 is 0 Å². The first-order valence-corrected chi connectivity index (χ1v) is 10.2. The number of carbonyl (C=O) groups is 1. The molecule has 14 nitrogen and oxygen atoms in total. The van der Waals surface area contributed by atoms with E-state index in [2.05, 4.69) is 6.92 Å². The highest BCUT2D eigenvalue weighted by atomic mass is 16.7. The molecule has 0 saturated carbocycles. The minimum Gasteiger partial charge on any atom is -0.477 e. The molecule has 0 spiro atoms. The zero-order valence-electron chi connectivity index (χ0n) is 17.8. The highest BCUT2D eigenvalue weighted by Crippen LogP contribution is 2.43. The molecule has 0 bridgehead atoms. The third kappa shape index (κ3) is 5.91. The molecule has 0 amide bonds. The third-order valence-corrected chi connectivity index (χ3v) is 5.43. The molecule has 192 valence electrons. The van der Waals surface area contributed by atoms with E-state index in [0.717, 1.165) is 38.5 Å². The van der Waals surface area contributed by atoms with Gasteiger partial charge in [0.25, 0.3) is 23.1 Å². The fraction of sp³-hybridized carbons (Fsp3) is 0.944. The molecule has 0 atom stereocenters. The Morgan fingerprint density at radius 1 is 0.531 bits per heavy atom. The first-order chi connectivity index (χ1) is 14.3. The Balaban J connectivity index is 5.31. The van der Waals surface area contributed by atoms with Crippen LogP contribution in [0.5, 0.6) is 0 Å². The summed E-state index contributed by atoms with van der Waals surface area (Å²) in [7, 11) is 0. The number of rotatable bonds is 16. The van der Waals surface area contributed by atoms with Gasteiger partial charge in [0.1, 0.15) is 0 Å². The van der Waals surface area contributed by atoms with Gasteiger partial charge in [-0.3, -0.25) is 0 Å². The first kappa shape index (κ1) is 31.0. The number of carboxylic acid groups (broad SMARTS) is 1. The van der Waals surface area contributed by atoms with E-state index in [1.165, 1.54) is 0 Å². The SMILES string of the molecule is CCCCCCCCCCCC(O)(O)C(O)(O)C(O)(O)C(O)(O)C(O)(O)C(O)(O)C(=O)O. The van der Waals surface area contributed by atoms with Crippen molar-refractivity contribution in [2.24, 2.45) is 0 Å². The van der Waals surface area contributed by atoms with Crippen molar-refractivity contribution in [2.75, 3.05) is 0 Å². The quantitative estimate of drug-likeness (QED) is 0.0748. The molecule has 0 aliphatic carbocycles. The molecule has 0 aromatic carbocycles. The summed E-state index contributed by atoms with van der Waals surface area (Å²) >= 11 is 0. The lowest BCUT2D eigenvalue weighted by atomic mass is 9.80. The van der Waals surface area contributed by atoms with Gasteiger partial charge in [0.05, 0.1) is 0 Å². The number of hydrogen-bond acceptors (Lipinski definition) is 13. The Kier molecular flexibility index (Phi) is 10.6. The highest BCUT2D eigenvalue weighted by Gasteiger charge is 2.80. The van der Waals surface area contributed by atoms with E-state index in [9.17, 15) is 66.1 Å².